The maximum absolute atomic E-state index is 3.89. The molecule has 2 fully saturated rings. The van der Waals surface area contributed by atoms with Crippen molar-refractivity contribution in [2.24, 2.45) is 5.92 Å². The van der Waals surface area contributed by atoms with Gasteiger partial charge >= 0.3 is 0 Å². The number of benzene rings is 1. The number of rotatable bonds is 7. The molecule has 0 amide bonds. The van der Waals surface area contributed by atoms with E-state index in [-0.39, 0.29) is 0 Å². The third-order valence-corrected chi connectivity index (χ3v) is 7.71. The molecular weight excluding hydrogens is 402 g/mol. The van der Waals surface area contributed by atoms with Crippen LogP contribution in [0.1, 0.15) is 69.2 Å². The van der Waals surface area contributed by atoms with Crippen LogP contribution >= 0.6 is 0 Å². The van der Waals surface area contributed by atoms with Gasteiger partial charge in [-0.3, -0.25) is 0 Å². The van der Waals surface area contributed by atoms with Crippen LogP contribution in [0.2, 0.25) is 0 Å². The minimum absolute atomic E-state index is 0.683. The molecule has 4 rings (SSSR count). The van der Waals surface area contributed by atoms with Gasteiger partial charge in [-0.25, -0.2) is 0 Å². The summed E-state index contributed by atoms with van der Waals surface area (Å²) >= 11 is 0. The van der Waals surface area contributed by atoms with Crippen molar-refractivity contribution >= 4 is 16.5 Å². The molecule has 0 aliphatic carbocycles. The van der Waals surface area contributed by atoms with Gasteiger partial charge < -0.3 is 14.8 Å². The van der Waals surface area contributed by atoms with Crippen molar-refractivity contribution in [2.75, 3.05) is 32.7 Å². The molecule has 0 atom stereocenters. The molecule has 2 saturated heterocycles. The van der Waals surface area contributed by atoms with Crippen LogP contribution in [-0.2, 0) is 0 Å². The van der Waals surface area contributed by atoms with Crippen molar-refractivity contribution in [3.05, 3.63) is 65.9 Å². The Morgan fingerprint density at radius 1 is 1.12 bits per heavy atom. The highest BCUT2D eigenvalue weighted by atomic mass is 15.2. The van der Waals surface area contributed by atoms with E-state index in [4.69, 9.17) is 0 Å². The second kappa shape index (κ2) is 10.9. The lowest BCUT2D eigenvalue weighted by Gasteiger charge is -2.42. The number of hydrogen-bond donors (Lipinski definition) is 1. The van der Waals surface area contributed by atoms with Crippen LogP contribution < -0.4 is 0 Å². The first-order valence-electron chi connectivity index (χ1n) is 13.0. The van der Waals surface area contributed by atoms with Crippen molar-refractivity contribution in [1.82, 2.24) is 14.8 Å². The Morgan fingerprint density at radius 3 is 2.48 bits per heavy atom. The molecule has 2 aliphatic heterocycles. The molecule has 1 aromatic heterocycles. The summed E-state index contributed by atoms with van der Waals surface area (Å²) in [4.78, 5) is 9.12. The molecule has 3 heteroatoms. The second-order valence-corrected chi connectivity index (χ2v) is 10.5. The summed E-state index contributed by atoms with van der Waals surface area (Å²) in [5.74, 6) is 1.46. The lowest BCUT2D eigenvalue weighted by Crippen LogP contribution is -2.48. The monoisotopic (exact) mass is 445 g/mol. The van der Waals surface area contributed by atoms with Crippen LogP contribution in [0.4, 0.5) is 0 Å². The first-order valence-corrected chi connectivity index (χ1v) is 13.0. The largest absolute Gasteiger partial charge is 0.354 e. The summed E-state index contributed by atoms with van der Waals surface area (Å²) in [6.45, 7) is 19.2. The van der Waals surface area contributed by atoms with Crippen LogP contribution in [0.25, 0.3) is 16.5 Å². The van der Waals surface area contributed by atoms with Gasteiger partial charge in [0.05, 0.1) is 0 Å². The fourth-order valence-corrected chi connectivity index (χ4v) is 6.00. The van der Waals surface area contributed by atoms with Crippen LogP contribution in [0.5, 0.6) is 0 Å². The maximum atomic E-state index is 3.89. The highest BCUT2D eigenvalue weighted by molar-refractivity contribution is 5.91. The van der Waals surface area contributed by atoms with E-state index in [2.05, 4.69) is 85.5 Å². The van der Waals surface area contributed by atoms with Crippen molar-refractivity contribution in [2.45, 2.75) is 65.3 Å². The number of piperidine rings is 2. The van der Waals surface area contributed by atoms with Crippen molar-refractivity contribution < 1.29 is 0 Å². The molecule has 0 radical (unpaired) electrons. The molecule has 3 nitrogen and oxygen atoms in total. The highest BCUT2D eigenvalue weighted by Gasteiger charge is 2.29. The molecule has 1 N–H and O–H groups in total. The Labute approximate surface area is 201 Å². The lowest BCUT2D eigenvalue weighted by atomic mass is 9.87. The number of fused-ring (bicyclic) bond motifs is 1. The Bertz CT molecular complexity index is 993. The molecule has 178 valence electrons. The fraction of sp³-hybridized carbons (Fsp3) is 0.533. The smallest absolute Gasteiger partial charge is 0.0494 e. The van der Waals surface area contributed by atoms with Crippen molar-refractivity contribution in [3.8, 4) is 0 Å². The first-order chi connectivity index (χ1) is 16.0. The molecule has 1 aromatic carbocycles. The fourth-order valence-electron chi connectivity index (χ4n) is 6.00. The standard InChI is InChI=1S/C30H43N3/c1-6-8-25(9-7-2)30-23(5)28-20-26(10-11-29(28)31-30)24-12-18-33(19-13-24)27-14-16-32(17-15-27)21-22(3)4/h6-11,20,22,24,27,31H,1,12-19,21H2,2-5H3/b9-7-,25-8+. The van der Waals surface area contributed by atoms with Gasteiger partial charge in [-0.2, -0.15) is 0 Å². The Hall–Kier alpha value is -2.10. The number of nitrogens with one attached hydrogen (secondary N) is 1. The van der Waals surface area contributed by atoms with Crippen LogP contribution in [0.15, 0.2) is 49.1 Å². The second-order valence-electron chi connectivity index (χ2n) is 10.5. The Kier molecular flexibility index (Phi) is 7.93. The van der Waals surface area contributed by atoms with Crippen LogP contribution in [0.3, 0.4) is 0 Å². The van der Waals surface area contributed by atoms with Gasteiger partial charge in [0.1, 0.15) is 0 Å². The van der Waals surface area contributed by atoms with E-state index < -0.39 is 0 Å². The van der Waals surface area contributed by atoms with Gasteiger partial charge in [0.25, 0.3) is 0 Å². The van der Waals surface area contributed by atoms with Gasteiger partial charge in [-0.1, -0.05) is 50.8 Å². The molecule has 0 unspecified atom stereocenters. The minimum atomic E-state index is 0.683. The zero-order valence-corrected chi connectivity index (χ0v) is 21.2. The molecule has 3 heterocycles. The topological polar surface area (TPSA) is 22.3 Å². The zero-order chi connectivity index (χ0) is 23.4. The van der Waals surface area contributed by atoms with E-state index in [1.54, 1.807) is 0 Å². The van der Waals surface area contributed by atoms with Gasteiger partial charge in [0.2, 0.25) is 0 Å². The average Bonchev–Trinajstić information content (AvgIpc) is 3.15. The summed E-state index contributed by atoms with van der Waals surface area (Å²) in [7, 11) is 0. The lowest BCUT2D eigenvalue weighted by molar-refractivity contribution is 0.0828. The van der Waals surface area contributed by atoms with E-state index in [1.807, 2.05) is 6.08 Å². The van der Waals surface area contributed by atoms with E-state index in [0.29, 0.717) is 5.92 Å². The third-order valence-electron chi connectivity index (χ3n) is 7.71. The zero-order valence-electron chi connectivity index (χ0n) is 21.2. The molecule has 2 aromatic rings. The maximum Gasteiger partial charge on any atom is 0.0494 e. The molecule has 2 aliphatic rings. The number of nitrogens with zero attached hydrogens (tertiary/aromatic N) is 2. The SMILES string of the molecule is C=C/C=C(\C=C/C)c1[nH]c2ccc(C3CCN(C4CCN(CC(C)C)CC4)CC3)cc2c1C. The molecule has 33 heavy (non-hydrogen) atoms. The summed E-state index contributed by atoms with van der Waals surface area (Å²) in [6.07, 6.45) is 13.5. The van der Waals surface area contributed by atoms with Gasteiger partial charge in [0, 0.05) is 29.2 Å². The van der Waals surface area contributed by atoms with Gasteiger partial charge in [0.15, 0.2) is 0 Å². The Balaban J connectivity index is 1.41. The number of aromatic nitrogens is 1. The van der Waals surface area contributed by atoms with Crippen LogP contribution in [-0.4, -0.2) is 53.5 Å². The number of aryl methyl sites for hydroxylation is 1. The van der Waals surface area contributed by atoms with Crippen molar-refractivity contribution in [1.29, 1.82) is 0 Å². The van der Waals surface area contributed by atoms with E-state index in [0.717, 1.165) is 12.0 Å². The third kappa shape index (κ3) is 5.53. The number of hydrogen-bond acceptors (Lipinski definition) is 2. The quantitative estimate of drug-likeness (QED) is 0.467. The number of H-pyrrole nitrogens is 1. The van der Waals surface area contributed by atoms with Gasteiger partial charge in [-0.05, 0) is 106 Å². The average molecular weight is 446 g/mol. The molecular formula is C30H43N3. The molecule has 0 bridgehead atoms. The minimum Gasteiger partial charge on any atom is -0.354 e. The number of allylic oxidation sites excluding steroid dienone is 5. The number of aromatic amines is 1. The van der Waals surface area contributed by atoms with Crippen LogP contribution in [0, 0.1) is 12.8 Å². The normalized spacial score (nSPS) is 20.5. The molecule has 0 saturated carbocycles. The van der Waals surface area contributed by atoms with Gasteiger partial charge in [-0.15, -0.1) is 0 Å². The summed E-state index contributed by atoms with van der Waals surface area (Å²) < 4.78 is 0. The summed E-state index contributed by atoms with van der Waals surface area (Å²) in [5, 5.41) is 1.36. The Morgan fingerprint density at radius 2 is 1.85 bits per heavy atom. The predicted molar refractivity (Wildman–Crippen MR) is 144 cm³/mol. The van der Waals surface area contributed by atoms with E-state index >= 15 is 0 Å². The van der Waals surface area contributed by atoms with Crippen molar-refractivity contribution in [3.63, 3.8) is 0 Å². The molecule has 0 spiro atoms. The first kappa shape index (κ1) is 24.0. The number of likely N-dealkylation sites (tertiary alicyclic amines) is 2. The van der Waals surface area contributed by atoms with E-state index in [1.165, 1.54) is 91.7 Å². The van der Waals surface area contributed by atoms with E-state index in [9.17, 15) is 0 Å². The highest BCUT2D eigenvalue weighted by Crippen LogP contribution is 2.34. The predicted octanol–water partition coefficient (Wildman–Crippen LogP) is 6.92. The summed E-state index contributed by atoms with van der Waals surface area (Å²) in [6, 6.07) is 7.91. The summed E-state index contributed by atoms with van der Waals surface area (Å²) in [5.41, 5.74) is 6.48.